The van der Waals surface area contributed by atoms with Gasteiger partial charge in [-0.05, 0) is 24.6 Å². The van der Waals surface area contributed by atoms with Gasteiger partial charge >= 0.3 is 4.27 Å². The van der Waals surface area contributed by atoms with Gasteiger partial charge in [-0.2, -0.15) is 0 Å². The van der Waals surface area contributed by atoms with Crippen molar-refractivity contribution in [1.82, 2.24) is 0 Å². The molecule has 1 fully saturated rings. The van der Waals surface area contributed by atoms with E-state index < -0.39 is 30.0 Å². The van der Waals surface area contributed by atoms with Crippen molar-refractivity contribution in [2.75, 3.05) is 6.26 Å². The zero-order valence-corrected chi connectivity index (χ0v) is 14.3. The fraction of sp³-hybridized carbons (Fsp3) is 0.250. The molecule has 0 radical (unpaired) electrons. The van der Waals surface area contributed by atoms with Gasteiger partial charge in [-0.1, -0.05) is 48.0 Å². The van der Waals surface area contributed by atoms with Crippen LogP contribution in [0.15, 0.2) is 59.5 Å². The van der Waals surface area contributed by atoms with Crippen molar-refractivity contribution < 1.29 is 21.6 Å². The van der Waals surface area contributed by atoms with Gasteiger partial charge < -0.3 is 4.74 Å². The molecule has 23 heavy (non-hydrogen) atoms. The normalized spacial score (nSPS) is 24.3. The van der Waals surface area contributed by atoms with Crippen LogP contribution in [0.5, 0.6) is 0 Å². The smallest absolute Gasteiger partial charge is 0.306 e. The lowest BCUT2D eigenvalue weighted by atomic mass is 10.2. The minimum Gasteiger partial charge on any atom is -0.331 e. The number of hydrogen-bond acceptors (Lipinski definition) is 5. The van der Waals surface area contributed by atoms with Crippen LogP contribution >= 0.6 is 0 Å². The van der Waals surface area contributed by atoms with Crippen molar-refractivity contribution in [3.8, 4) is 0 Å². The Morgan fingerprint density at radius 3 is 2.00 bits per heavy atom. The number of hydrogen-bond donors (Lipinski definition) is 0. The predicted molar refractivity (Wildman–Crippen MR) is 86.2 cm³/mol. The Labute approximate surface area is 135 Å². The highest BCUT2D eigenvalue weighted by Crippen LogP contribution is 2.58. The molecule has 0 aromatic heterocycles. The fourth-order valence-corrected chi connectivity index (χ4v) is 6.74. The van der Waals surface area contributed by atoms with Crippen LogP contribution in [0.1, 0.15) is 17.2 Å². The lowest BCUT2D eigenvalue weighted by Gasteiger charge is -2.13. The minimum absolute atomic E-state index is 0.0630. The number of aryl methyl sites for hydroxylation is 1. The summed E-state index contributed by atoms with van der Waals surface area (Å²) < 4.78 is 53.5. The van der Waals surface area contributed by atoms with E-state index in [0.717, 1.165) is 11.8 Å². The molecule has 0 saturated carbocycles. The third kappa shape index (κ3) is 2.39. The van der Waals surface area contributed by atoms with Gasteiger partial charge in [0.2, 0.25) is 9.84 Å². The van der Waals surface area contributed by atoms with E-state index in [1.54, 1.807) is 42.5 Å². The molecule has 0 amide bonds. The largest absolute Gasteiger partial charge is 0.331 e. The van der Waals surface area contributed by atoms with E-state index in [9.17, 15) is 16.8 Å². The summed E-state index contributed by atoms with van der Waals surface area (Å²) in [6.07, 6.45) is -0.133. The van der Waals surface area contributed by atoms with Gasteiger partial charge in [0, 0.05) is 6.26 Å². The molecule has 2 aromatic rings. The van der Waals surface area contributed by atoms with Gasteiger partial charge in [-0.3, -0.25) is 0 Å². The first kappa shape index (κ1) is 16.2. The highest BCUT2D eigenvalue weighted by atomic mass is 32.3. The summed E-state index contributed by atoms with van der Waals surface area (Å²) >= 11 is 0. The SMILES string of the molecule is Cc1ccc(S(=O)(=O)C2(S(C)(=O)=O)OC2c2ccccc2)cc1. The summed E-state index contributed by atoms with van der Waals surface area (Å²) in [4.78, 5) is -0.0630. The Morgan fingerprint density at radius 1 is 0.913 bits per heavy atom. The molecule has 0 spiro atoms. The Bertz CT molecular complexity index is 932. The number of epoxide rings is 1. The molecular weight excluding hydrogens is 336 g/mol. The number of rotatable bonds is 4. The highest BCUT2D eigenvalue weighted by molar-refractivity contribution is 8.10. The maximum Gasteiger partial charge on any atom is 0.306 e. The molecule has 0 bridgehead atoms. The summed E-state index contributed by atoms with van der Waals surface area (Å²) in [7, 11) is -8.22. The van der Waals surface area contributed by atoms with E-state index >= 15 is 0 Å². The van der Waals surface area contributed by atoms with Gasteiger partial charge in [-0.15, -0.1) is 0 Å². The van der Waals surface area contributed by atoms with Crippen LogP contribution in [0.3, 0.4) is 0 Å². The molecule has 5 nitrogen and oxygen atoms in total. The molecule has 1 aliphatic heterocycles. The van der Waals surface area contributed by atoms with Crippen molar-refractivity contribution in [2.24, 2.45) is 0 Å². The average molecular weight is 352 g/mol. The minimum atomic E-state index is -4.21. The van der Waals surface area contributed by atoms with E-state index in [1.807, 2.05) is 6.92 Å². The first-order chi connectivity index (χ1) is 10.7. The second-order valence-electron chi connectivity index (χ2n) is 5.60. The maximum atomic E-state index is 13.0. The first-order valence-electron chi connectivity index (χ1n) is 6.94. The molecule has 0 aliphatic carbocycles. The number of sulfone groups is 2. The van der Waals surface area contributed by atoms with Crippen molar-refractivity contribution >= 4 is 19.7 Å². The van der Waals surface area contributed by atoms with E-state index in [0.29, 0.717) is 5.56 Å². The fourth-order valence-electron chi connectivity index (χ4n) is 2.60. The molecule has 7 heteroatoms. The van der Waals surface area contributed by atoms with Crippen LogP contribution in [-0.2, 0) is 24.4 Å². The van der Waals surface area contributed by atoms with E-state index in [2.05, 4.69) is 0 Å². The van der Waals surface area contributed by atoms with Gasteiger partial charge in [0.25, 0.3) is 0 Å². The summed E-state index contributed by atoms with van der Waals surface area (Å²) in [6.45, 7) is 1.82. The predicted octanol–water partition coefficient (Wildman–Crippen LogP) is 2.24. The van der Waals surface area contributed by atoms with E-state index in [-0.39, 0.29) is 4.90 Å². The van der Waals surface area contributed by atoms with Gasteiger partial charge in [0.05, 0.1) is 4.90 Å². The average Bonchev–Trinajstić information content (AvgIpc) is 3.26. The lowest BCUT2D eigenvalue weighted by molar-refractivity contribution is 0.380. The Hall–Kier alpha value is -1.70. The van der Waals surface area contributed by atoms with E-state index in [1.165, 1.54) is 12.1 Å². The van der Waals surface area contributed by atoms with Crippen molar-refractivity contribution in [3.63, 3.8) is 0 Å². The summed E-state index contributed by atoms with van der Waals surface area (Å²) in [6, 6.07) is 14.6. The molecule has 2 unspecified atom stereocenters. The molecule has 1 aliphatic rings. The van der Waals surface area contributed by atoms with Crippen LogP contribution in [0.4, 0.5) is 0 Å². The van der Waals surface area contributed by atoms with Gasteiger partial charge in [0.1, 0.15) is 6.10 Å². The molecule has 2 aromatic carbocycles. The van der Waals surface area contributed by atoms with Crippen LogP contribution in [0.2, 0.25) is 0 Å². The van der Waals surface area contributed by atoms with Crippen molar-refractivity contribution in [2.45, 2.75) is 22.2 Å². The van der Waals surface area contributed by atoms with Crippen molar-refractivity contribution in [1.29, 1.82) is 0 Å². The second-order valence-corrected chi connectivity index (χ2v) is 10.1. The second kappa shape index (κ2) is 5.15. The molecule has 3 rings (SSSR count). The Balaban J connectivity index is 2.15. The summed E-state index contributed by atoms with van der Waals surface area (Å²) in [5.41, 5.74) is 1.40. The molecule has 1 heterocycles. The van der Waals surface area contributed by atoms with Crippen LogP contribution in [0.25, 0.3) is 0 Å². The molecule has 0 N–H and O–H groups in total. The molecule has 1 saturated heterocycles. The zero-order valence-electron chi connectivity index (χ0n) is 12.6. The lowest BCUT2D eigenvalue weighted by Crippen LogP contribution is -2.34. The monoisotopic (exact) mass is 352 g/mol. The third-order valence-corrected chi connectivity index (χ3v) is 8.73. The number of benzene rings is 2. The van der Waals surface area contributed by atoms with E-state index in [4.69, 9.17) is 4.74 Å². The first-order valence-corrected chi connectivity index (χ1v) is 10.3. The van der Waals surface area contributed by atoms with Crippen molar-refractivity contribution in [3.05, 3.63) is 65.7 Å². The third-order valence-electron chi connectivity index (χ3n) is 3.87. The van der Waals surface area contributed by atoms with Crippen LogP contribution < -0.4 is 0 Å². The molecular formula is C16H16O5S2. The standard InChI is InChI=1S/C16H16O5S2/c1-12-8-10-14(11-9-12)23(19,20)16(22(2,17)18)15(21-16)13-6-4-3-5-7-13/h3-11,15H,1-2H3. The number of ether oxygens (including phenoxy) is 1. The highest BCUT2D eigenvalue weighted by Gasteiger charge is 2.74. The molecule has 122 valence electrons. The Morgan fingerprint density at radius 2 is 1.48 bits per heavy atom. The topological polar surface area (TPSA) is 80.8 Å². The van der Waals surface area contributed by atoms with Gasteiger partial charge in [-0.25, -0.2) is 16.8 Å². The Kier molecular flexibility index (Phi) is 3.62. The van der Waals surface area contributed by atoms with Crippen LogP contribution in [0, 0.1) is 6.92 Å². The maximum absolute atomic E-state index is 13.0. The zero-order chi connectivity index (χ0) is 16.9. The van der Waals surface area contributed by atoms with Crippen LogP contribution in [-0.4, -0.2) is 27.4 Å². The van der Waals surface area contributed by atoms with Gasteiger partial charge in [0.15, 0.2) is 9.84 Å². The molecule has 2 atom stereocenters. The summed E-state index contributed by atoms with van der Waals surface area (Å²) in [5.74, 6) is 0. The summed E-state index contributed by atoms with van der Waals surface area (Å²) in [5, 5.41) is 0. The quantitative estimate of drug-likeness (QED) is 0.788.